The van der Waals surface area contributed by atoms with Gasteiger partial charge in [0.15, 0.2) is 17.5 Å². The highest BCUT2D eigenvalue weighted by Gasteiger charge is 2.31. The molecule has 1 aliphatic rings. The zero-order valence-corrected chi connectivity index (χ0v) is 18.7. The molecule has 0 fully saturated rings. The molecule has 3 N–H and O–H groups in total. The number of benzene rings is 2. The summed E-state index contributed by atoms with van der Waals surface area (Å²) < 4.78 is 15.7. The number of aromatic nitrogens is 1. The van der Waals surface area contributed by atoms with E-state index in [1.807, 2.05) is 43.3 Å². The second-order valence-corrected chi connectivity index (χ2v) is 7.93. The van der Waals surface area contributed by atoms with Crippen LogP contribution in [0.4, 0.5) is 5.69 Å². The second-order valence-electron chi connectivity index (χ2n) is 7.93. The Morgan fingerprint density at radius 3 is 2.44 bits per heavy atom. The fourth-order valence-electron chi connectivity index (χ4n) is 4.30. The minimum absolute atomic E-state index is 0.154. The Morgan fingerprint density at radius 1 is 1.06 bits per heavy atom. The molecule has 2 heterocycles. The number of quaternary nitrogens is 1. The smallest absolute Gasteiger partial charge is 0.356 e. The van der Waals surface area contributed by atoms with Gasteiger partial charge in [-0.2, -0.15) is 0 Å². The van der Waals surface area contributed by atoms with Crippen molar-refractivity contribution in [3.63, 3.8) is 0 Å². The largest absolute Gasteiger partial charge is 0.493 e. The van der Waals surface area contributed by atoms with Crippen molar-refractivity contribution in [2.24, 2.45) is 0 Å². The minimum atomic E-state index is -0.524. The molecule has 2 aromatic carbocycles. The number of anilines is 1. The van der Waals surface area contributed by atoms with E-state index < -0.39 is 5.97 Å². The molecule has 3 aromatic rings. The third kappa shape index (κ3) is 3.89. The molecule has 1 aromatic heterocycles. The van der Waals surface area contributed by atoms with Gasteiger partial charge in [0.1, 0.15) is 12.2 Å². The van der Waals surface area contributed by atoms with Crippen LogP contribution in [-0.2, 0) is 22.5 Å². The Hall–Kier alpha value is -3.52. The van der Waals surface area contributed by atoms with Crippen LogP contribution < -0.4 is 19.7 Å². The first-order valence-corrected chi connectivity index (χ1v) is 10.5. The van der Waals surface area contributed by atoms with E-state index in [0.29, 0.717) is 18.0 Å². The van der Waals surface area contributed by atoms with Crippen LogP contribution >= 0.6 is 0 Å². The van der Waals surface area contributed by atoms with Crippen molar-refractivity contribution in [3.8, 4) is 11.5 Å². The SMILES string of the molecule is COC(=O)c1[nH]c2ccccc2c1NC(=O)[C@H](C)[NH+]1CCc2cc(OC)c(OC)cc2C1. The molecule has 4 rings (SSSR count). The maximum Gasteiger partial charge on any atom is 0.356 e. The van der Waals surface area contributed by atoms with Crippen LogP contribution in [0.25, 0.3) is 10.9 Å². The average Bonchev–Trinajstić information content (AvgIpc) is 3.19. The summed E-state index contributed by atoms with van der Waals surface area (Å²) in [5.41, 5.74) is 3.81. The number of esters is 1. The van der Waals surface area contributed by atoms with Crippen molar-refractivity contribution in [1.82, 2.24) is 4.98 Å². The van der Waals surface area contributed by atoms with E-state index in [4.69, 9.17) is 14.2 Å². The van der Waals surface area contributed by atoms with Gasteiger partial charge in [-0.15, -0.1) is 0 Å². The Bertz CT molecular complexity index is 1170. The number of fused-ring (bicyclic) bond motifs is 2. The van der Waals surface area contributed by atoms with Crippen LogP contribution in [0.15, 0.2) is 36.4 Å². The molecule has 2 atom stereocenters. The summed E-state index contributed by atoms with van der Waals surface area (Å²) >= 11 is 0. The lowest BCUT2D eigenvalue weighted by Crippen LogP contribution is -3.16. The summed E-state index contributed by atoms with van der Waals surface area (Å²) in [5.74, 6) is 0.726. The Balaban J connectivity index is 1.56. The van der Waals surface area contributed by atoms with Gasteiger partial charge in [-0.3, -0.25) is 4.79 Å². The number of methoxy groups -OCH3 is 3. The van der Waals surface area contributed by atoms with Crippen molar-refractivity contribution in [2.75, 3.05) is 33.2 Å². The van der Waals surface area contributed by atoms with Gasteiger partial charge in [0.05, 0.1) is 33.6 Å². The molecule has 8 heteroatoms. The van der Waals surface area contributed by atoms with Gasteiger partial charge in [0, 0.05) is 22.9 Å². The van der Waals surface area contributed by atoms with E-state index in [9.17, 15) is 9.59 Å². The first kappa shape index (κ1) is 21.7. The monoisotopic (exact) mass is 438 g/mol. The Morgan fingerprint density at radius 2 is 1.75 bits per heavy atom. The zero-order valence-electron chi connectivity index (χ0n) is 18.7. The highest BCUT2D eigenvalue weighted by Crippen LogP contribution is 2.31. The second kappa shape index (κ2) is 8.92. The molecule has 0 bridgehead atoms. The lowest BCUT2D eigenvalue weighted by molar-refractivity contribution is -0.929. The highest BCUT2D eigenvalue weighted by atomic mass is 16.5. The number of ether oxygens (including phenoxy) is 3. The molecular formula is C24H28N3O5+. The fourth-order valence-corrected chi connectivity index (χ4v) is 4.30. The van der Waals surface area contributed by atoms with Gasteiger partial charge in [-0.25, -0.2) is 4.79 Å². The topological polar surface area (TPSA) is 94.1 Å². The molecule has 0 spiro atoms. The molecule has 32 heavy (non-hydrogen) atoms. The molecule has 168 valence electrons. The van der Waals surface area contributed by atoms with Crippen molar-refractivity contribution in [2.45, 2.75) is 25.9 Å². The van der Waals surface area contributed by atoms with Gasteiger partial charge in [-0.1, -0.05) is 18.2 Å². The third-order valence-corrected chi connectivity index (χ3v) is 6.19. The molecule has 1 aliphatic heterocycles. The summed E-state index contributed by atoms with van der Waals surface area (Å²) in [6.07, 6.45) is 0.836. The minimum Gasteiger partial charge on any atom is -0.493 e. The Kier molecular flexibility index (Phi) is 6.05. The van der Waals surface area contributed by atoms with Gasteiger partial charge in [-0.05, 0) is 30.7 Å². The van der Waals surface area contributed by atoms with Gasteiger partial charge in [0.2, 0.25) is 0 Å². The van der Waals surface area contributed by atoms with Gasteiger partial charge in [0.25, 0.3) is 5.91 Å². The van der Waals surface area contributed by atoms with Gasteiger partial charge >= 0.3 is 5.97 Å². The number of nitrogens with one attached hydrogen (secondary N) is 3. The highest BCUT2D eigenvalue weighted by molar-refractivity contribution is 6.11. The van der Waals surface area contributed by atoms with E-state index in [2.05, 4.69) is 10.3 Å². The molecule has 0 aliphatic carbocycles. The van der Waals surface area contributed by atoms with Crippen molar-refractivity contribution >= 4 is 28.5 Å². The first-order valence-electron chi connectivity index (χ1n) is 10.5. The predicted octanol–water partition coefficient (Wildman–Crippen LogP) is 1.94. The fraction of sp³-hybridized carbons (Fsp3) is 0.333. The molecule has 1 unspecified atom stereocenters. The molecule has 0 saturated carbocycles. The number of aromatic amines is 1. The van der Waals surface area contributed by atoms with Gasteiger partial charge < -0.3 is 29.4 Å². The number of H-pyrrole nitrogens is 1. The summed E-state index contributed by atoms with van der Waals surface area (Å²) in [7, 11) is 4.57. The number of rotatable bonds is 6. The van der Waals surface area contributed by atoms with E-state index in [1.165, 1.54) is 12.7 Å². The summed E-state index contributed by atoms with van der Waals surface area (Å²) in [6.45, 7) is 3.42. The number of para-hydroxylation sites is 1. The summed E-state index contributed by atoms with van der Waals surface area (Å²) in [6, 6.07) is 11.1. The van der Waals surface area contributed by atoms with Crippen molar-refractivity contribution in [3.05, 3.63) is 53.2 Å². The Labute approximate surface area is 186 Å². The van der Waals surface area contributed by atoms with E-state index in [-0.39, 0.29) is 17.6 Å². The quantitative estimate of drug-likeness (QED) is 0.512. The van der Waals surface area contributed by atoms with Crippen LogP contribution in [0, 0.1) is 0 Å². The van der Waals surface area contributed by atoms with Crippen LogP contribution in [0.3, 0.4) is 0 Å². The maximum atomic E-state index is 13.2. The standard InChI is InChI=1S/C24H27N3O5/c1-14(27-10-9-15-11-19(30-2)20(31-3)12-16(15)13-27)23(28)26-21-17-7-5-6-8-18(17)25-22(21)24(29)32-4/h5-8,11-12,14,25H,9-10,13H2,1-4H3,(H,26,28)/p+1/t14-/m0/s1. The molecular weight excluding hydrogens is 410 g/mol. The normalized spacial score (nSPS) is 16.2. The van der Waals surface area contributed by atoms with E-state index in [0.717, 1.165) is 40.1 Å². The molecule has 0 saturated heterocycles. The number of hydrogen-bond acceptors (Lipinski definition) is 5. The van der Waals surface area contributed by atoms with Crippen LogP contribution in [-0.4, -0.2) is 50.8 Å². The summed E-state index contributed by atoms with van der Waals surface area (Å²) in [5, 5.41) is 3.74. The van der Waals surface area contributed by atoms with E-state index in [1.54, 1.807) is 14.2 Å². The number of hydrogen-bond donors (Lipinski definition) is 3. The molecule has 8 nitrogen and oxygen atoms in total. The van der Waals surface area contributed by atoms with Crippen molar-refractivity contribution < 1.29 is 28.7 Å². The maximum absolute atomic E-state index is 13.2. The number of carbonyl (C=O) groups excluding carboxylic acids is 2. The number of amides is 1. The van der Waals surface area contributed by atoms with E-state index >= 15 is 0 Å². The van der Waals surface area contributed by atoms with Crippen LogP contribution in [0.5, 0.6) is 11.5 Å². The lowest BCUT2D eigenvalue weighted by atomic mass is 9.97. The van der Waals surface area contributed by atoms with Crippen molar-refractivity contribution in [1.29, 1.82) is 0 Å². The lowest BCUT2D eigenvalue weighted by Gasteiger charge is -2.30. The molecule has 1 amide bonds. The molecule has 0 radical (unpaired) electrons. The average molecular weight is 439 g/mol. The van der Waals surface area contributed by atoms with Crippen LogP contribution in [0.2, 0.25) is 0 Å². The number of carbonyl (C=O) groups is 2. The predicted molar refractivity (Wildman–Crippen MR) is 121 cm³/mol. The zero-order chi connectivity index (χ0) is 22.8. The van der Waals surface area contributed by atoms with Crippen LogP contribution in [0.1, 0.15) is 28.5 Å². The summed E-state index contributed by atoms with van der Waals surface area (Å²) in [4.78, 5) is 29.7. The third-order valence-electron chi connectivity index (χ3n) is 6.19. The first-order chi connectivity index (χ1) is 15.5.